The first-order valence-electron chi connectivity index (χ1n) is 21.2. The van der Waals surface area contributed by atoms with Gasteiger partial charge in [-0.25, -0.2) is 0 Å². The summed E-state index contributed by atoms with van der Waals surface area (Å²) in [4.78, 5) is 13.9. The zero-order valence-corrected chi connectivity index (χ0v) is 39.9. The third-order valence-corrected chi connectivity index (χ3v) is 21.2. The topological polar surface area (TPSA) is 44.8 Å². The largest absolute Gasteiger partial charge is 0.462 e. The minimum Gasteiger partial charge on any atom is -0.462 e. The molecule has 4 nitrogen and oxygen atoms in total. The van der Waals surface area contributed by atoms with Gasteiger partial charge in [-0.1, -0.05) is 162 Å². The standard InChI is InChI=1S/C51H76O4Si2/c1-15-16-26-41(3)37-45(55-57(51(10,11)12,46-29-22-18-23-30-46)47-31-24-19-25-32-47)39-44(53-48(52)49(4,5)6)38-43(54-56(13,14)50(7,8)9)36-34-40(2)33-35-42-27-20-17-21-28-42/h15,17-33,43-45H,1,16,34-39H2,2-14H3/b40-33+,41-26+/t43-,44+,45-/m1/s1. The van der Waals surface area contributed by atoms with Gasteiger partial charge in [0.05, 0.1) is 11.5 Å². The molecule has 3 atom stereocenters. The fraction of sp³-hybridized carbons (Fsp3) is 0.510. The molecule has 0 unspecified atom stereocenters. The molecule has 0 aliphatic heterocycles. The molecule has 3 aromatic rings. The summed E-state index contributed by atoms with van der Waals surface area (Å²) < 4.78 is 21.8. The van der Waals surface area contributed by atoms with Gasteiger partial charge >= 0.3 is 5.97 Å². The van der Waals surface area contributed by atoms with E-state index in [0.717, 1.165) is 32.1 Å². The Morgan fingerprint density at radius 3 is 1.65 bits per heavy atom. The summed E-state index contributed by atoms with van der Waals surface area (Å²) in [6, 6.07) is 32.3. The molecule has 0 N–H and O–H groups in total. The van der Waals surface area contributed by atoms with Crippen LogP contribution in [0.4, 0.5) is 0 Å². The van der Waals surface area contributed by atoms with E-state index < -0.39 is 28.2 Å². The lowest BCUT2D eigenvalue weighted by Crippen LogP contribution is -2.67. The van der Waals surface area contributed by atoms with E-state index in [1.807, 2.05) is 26.8 Å². The summed E-state index contributed by atoms with van der Waals surface area (Å²) in [7, 11) is -5.13. The maximum atomic E-state index is 13.9. The molecule has 312 valence electrons. The van der Waals surface area contributed by atoms with Crippen LogP contribution in [0.3, 0.4) is 0 Å². The summed E-state index contributed by atoms with van der Waals surface area (Å²) in [5.74, 6) is -0.194. The molecule has 0 saturated heterocycles. The first kappa shape index (κ1) is 48.1. The van der Waals surface area contributed by atoms with Crippen molar-refractivity contribution in [3.05, 3.63) is 133 Å². The highest BCUT2D eigenvalue weighted by Gasteiger charge is 2.52. The van der Waals surface area contributed by atoms with Crippen molar-refractivity contribution in [1.29, 1.82) is 0 Å². The van der Waals surface area contributed by atoms with E-state index >= 15 is 0 Å². The Bertz CT molecular complexity index is 1690. The SMILES string of the molecule is C=CC/C=C(\C)C[C@H](C[C@H](C[C@@H](CC/C(C)=C/Cc1ccccc1)O[Si](C)(C)C(C)(C)C)OC(=O)C(C)(C)C)O[Si](c1ccccc1)(c1ccccc1)C(C)(C)C. The van der Waals surface area contributed by atoms with Crippen LogP contribution in [0.1, 0.15) is 120 Å². The number of hydrogen-bond donors (Lipinski definition) is 0. The van der Waals surface area contributed by atoms with Crippen LogP contribution in [0, 0.1) is 5.41 Å². The van der Waals surface area contributed by atoms with Crippen LogP contribution >= 0.6 is 0 Å². The molecular formula is C51H76O4Si2. The van der Waals surface area contributed by atoms with Gasteiger partial charge < -0.3 is 13.6 Å². The predicted molar refractivity (Wildman–Crippen MR) is 249 cm³/mol. The maximum Gasteiger partial charge on any atom is 0.311 e. The van der Waals surface area contributed by atoms with Gasteiger partial charge in [0.1, 0.15) is 6.10 Å². The fourth-order valence-electron chi connectivity index (χ4n) is 7.16. The second-order valence-corrected chi connectivity index (χ2v) is 28.7. The van der Waals surface area contributed by atoms with Crippen LogP contribution in [0.2, 0.25) is 23.2 Å². The first-order valence-corrected chi connectivity index (χ1v) is 26.0. The molecule has 3 rings (SSSR count). The van der Waals surface area contributed by atoms with E-state index in [0.29, 0.717) is 12.8 Å². The highest BCUT2D eigenvalue weighted by molar-refractivity contribution is 6.99. The summed E-state index contributed by atoms with van der Waals surface area (Å²) in [6.45, 7) is 32.7. The average Bonchev–Trinajstić information content (AvgIpc) is 3.13. The Morgan fingerprint density at radius 1 is 0.667 bits per heavy atom. The number of carbonyl (C=O) groups excluding carboxylic acids is 1. The van der Waals surface area contributed by atoms with Gasteiger partial charge in [0, 0.05) is 18.9 Å². The molecule has 0 spiro atoms. The number of ether oxygens (including phenoxy) is 1. The summed E-state index contributed by atoms with van der Waals surface area (Å²) >= 11 is 0. The maximum absolute atomic E-state index is 13.9. The molecule has 0 saturated carbocycles. The van der Waals surface area contributed by atoms with Crippen LogP contribution in [0.5, 0.6) is 0 Å². The van der Waals surface area contributed by atoms with Crippen LogP contribution in [0.15, 0.2) is 127 Å². The zero-order valence-electron chi connectivity index (χ0n) is 37.9. The molecule has 57 heavy (non-hydrogen) atoms. The third-order valence-electron chi connectivity index (χ3n) is 11.5. The number of allylic oxidation sites excluding steroid dienone is 4. The van der Waals surface area contributed by atoms with E-state index in [1.165, 1.54) is 27.1 Å². The fourth-order valence-corrected chi connectivity index (χ4v) is 13.3. The van der Waals surface area contributed by atoms with Gasteiger partial charge in [-0.3, -0.25) is 4.79 Å². The predicted octanol–water partition coefficient (Wildman–Crippen LogP) is 12.9. The van der Waals surface area contributed by atoms with Crippen LogP contribution in [-0.2, 0) is 24.8 Å². The van der Waals surface area contributed by atoms with E-state index in [4.69, 9.17) is 13.6 Å². The molecule has 0 bridgehead atoms. The molecule has 0 aliphatic rings. The minimum absolute atomic E-state index is 0.0308. The van der Waals surface area contributed by atoms with E-state index in [1.54, 1.807) is 0 Å². The Balaban J connectivity index is 2.14. The third kappa shape index (κ3) is 14.5. The monoisotopic (exact) mass is 809 g/mol. The van der Waals surface area contributed by atoms with Crippen LogP contribution in [0.25, 0.3) is 0 Å². The number of rotatable bonds is 20. The Hall–Kier alpha value is -3.30. The van der Waals surface area contributed by atoms with Crippen molar-refractivity contribution in [2.45, 2.75) is 163 Å². The van der Waals surface area contributed by atoms with Crippen molar-refractivity contribution < 1.29 is 18.4 Å². The number of carbonyl (C=O) groups is 1. The molecule has 3 aromatic carbocycles. The smallest absolute Gasteiger partial charge is 0.311 e. The van der Waals surface area contributed by atoms with Gasteiger partial charge in [-0.15, -0.1) is 6.58 Å². The number of esters is 1. The van der Waals surface area contributed by atoms with E-state index in [2.05, 4.69) is 178 Å². The normalized spacial score (nSPS) is 15.2. The van der Waals surface area contributed by atoms with Crippen LogP contribution in [-0.4, -0.2) is 40.9 Å². The second-order valence-electron chi connectivity index (χ2n) is 19.7. The second kappa shape index (κ2) is 21.1. The lowest BCUT2D eigenvalue weighted by molar-refractivity contribution is -0.161. The van der Waals surface area contributed by atoms with E-state index in [9.17, 15) is 4.79 Å². The number of hydrogen-bond acceptors (Lipinski definition) is 4. The first-order chi connectivity index (χ1) is 26.6. The minimum atomic E-state index is -2.94. The van der Waals surface area contributed by atoms with Crippen LogP contribution < -0.4 is 10.4 Å². The van der Waals surface area contributed by atoms with Crippen molar-refractivity contribution in [2.24, 2.45) is 5.41 Å². The Kier molecular flexibility index (Phi) is 17.8. The van der Waals surface area contributed by atoms with Crippen molar-refractivity contribution in [1.82, 2.24) is 0 Å². The molecule has 0 amide bonds. The molecule has 0 aromatic heterocycles. The summed E-state index contributed by atoms with van der Waals surface area (Å²) in [5.41, 5.74) is 3.25. The lowest BCUT2D eigenvalue weighted by atomic mass is 9.95. The molecule has 0 fully saturated rings. The highest BCUT2D eigenvalue weighted by atomic mass is 28.4. The molecule has 6 heteroatoms. The average molecular weight is 809 g/mol. The zero-order chi connectivity index (χ0) is 42.5. The van der Waals surface area contributed by atoms with E-state index in [-0.39, 0.29) is 28.3 Å². The lowest BCUT2D eigenvalue weighted by Gasteiger charge is -2.46. The number of benzene rings is 3. The molecule has 0 aliphatic carbocycles. The van der Waals surface area contributed by atoms with Gasteiger partial charge in [0.2, 0.25) is 0 Å². The Morgan fingerprint density at radius 2 is 1.18 bits per heavy atom. The van der Waals surface area contributed by atoms with Crippen molar-refractivity contribution in [2.75, 3.05) is 0 Å². The highest BCUT2D eigenvalue weighted by Crippen LogP contribution is 2.41. The van der Waals surface area contributed by atoms with Crippen molar-refractivity contribution in [3.8, 4) is 0 Å². The summed E-state index contributed by atoms with van der Waals surface area (Å²) in [5, 5.41) is 2.30. The molecule has 0 heterocycles. The van der Waals surface area contributed by atoms with Gasteiger partial charge in [-0.05, 0) is 106 Å². The van der Waals surface area contributed by atoms with Crippen molar-refractivity contribution >= 4 is 33.0 Å². The van der Waals surface area contributed by atoms with Gasteiger partial charge in [0.25, 0.3) is 8.32 Å². The van der Waals surface area contributed by atoms with Gasteiger partial charge in [0.15, 0.2) is 8.32 Å². The Labute approximate surface area is 350 Å². The quantitative estimate of drug-likeness (QED) is 0.0648. The molecular weight excluding hydrogens is 733 g/mol. The summed E-state index contributed by atoms with van der Waals surface area (Å²) in [6.07, 6.45) is 11.2. The van der Waals surface area contributed by atoms with Crippen molar-refractivity contribution in [3.63, 3.8) is 0 Å². The molecule has 0 radical (unpaired) electrons. The van der Waals surface area contributed by atoms with Gasteiger partial charge in [-0.2, -0.15) is 0 Å².